The van der Waals surface area contributed by atoms with Crippen LogP contribution in [0.1, 0.15) is 43.0 Å². The molecule has 0 radical (unpaired) electrons. The molecule has 2 aromatic rings. The van der Waals surface area contributed by atoms with Crippen molar-refractivity contribution in [3.05, 3.63) is 48.0 Å². The number of benzene rings is 2. The van der Waals surface area contributed by atoms with Crippen LogP contribution in [0.3, 0.4) is 0 Å². The summed E-state index contributed by atoms with van der Waals surface area (Å²) in [6.45, 7) is 2.98. The van der Waals surface area contributed by atoms with Gasteiger partial charge < -0.3 is 19.7 Å². The van der Waals surface area contributed by atoms with Crippen molar-refractivity contribution in [1.82, 2.24) is 10.2 Å². The fraction of sp³-hybridized carbons (Fsp3) is 0.417. The number of ether oxygens (including phenoxy) is 2. The van der Waals surface area contributed by atoms with Gasteiger partial charge >= 0.3 is 0 Å². The van der Waals surface area contributed by atoms with Crippen molar-refractivity contribution in [2.45, 2.75) is 44.7 Å². The Morgan fingerprint density at radius 1 is 1.00 bits per heavy atom. The minimum absolute atomic E-state index is 0.0104. The Kier molecular flexibility index (Phi) is 5.93. The lowest BCUT2D eigenvalue weighted by Crippen LogP contribution is -2.38. The highest BCUT2D eigenvalue weighted by atomic mass is 16.6. The minimum atomic E-state index is 0.0104. The minimum Gasteiger partial charge on any atom is -0.486 e. The standard InChI is InChI=1S/C24H28N2O4/c1-3-23(27)25-19-9-10-20(15-19)26(2)24(28)17-6-4-16(5-7-17)18-8-11-21-22(14-18)30-13-12-29-21/h4-8,11,14,19-20H,3,9-10,12-13,15H2,1-2H3,(H,25,27). The van der Waals surface area contributed by atoms with E-state index in [2.05, 4.69) is 5.32 Å². The number of nitrogens with zero attached hydrogens (tertiary/aromatic N) is 1. The van der Waals surface area contributed by atoms with Crippen LogP contribution in [0.25, 0.3) is 11.1 Å². The largest absolute Gasteiger partial charge is 0.486 e. The number of rotatable bonds is 5. The van der Waals surface area contributed by atoms with Gasteiger partial charge in [-0.3, -0.25) is 9.59 Å². The molecule has 6 nitrogen and oxygen atoms in total. The topological polar surface area (TPSA) is 67.9 Å². The molecule has 0 aromatic heterocycles. The quantitative estimate of drug-likeness (QED) is 0.820. The summed E-state index contributed by atoms with van der Waals surface area (Å²) in [5.74, 6) is 1.61. The Bertz CT molecular complexity index is 925. The second-order valence-corrected chi connectivity index (χ2v) is 7.94. The molecule has 2 atom stereocenters. The molecule has 1 heterocycles. The maximum absolute atomic E-state index is 13.0. The highest BCUT2D eigenvalue weighted by Crippen LogP contribution is 2.34. The molecule has 2 aliphatic rings. The van der Waals surface area contributed by atoms with Crippen molar-refractivity contribution in [3.8, 4) is 22.6 Å². The van der Waals surface area contributed by atoms with Crippen molar-refractivity contribution < 1.29 is 19.1 Å². The molecular weight excluding hydrogens is 380 g/mol. The molecule has 4 rings (SSSR count). The SMILES string of the molecule is CCC(=O)NC1CCC(N(C)C(=O)c2ccc(-c3ccc4c(c3)OCCO4)cc2)C1. The van der Waals surface area contributed by atoms with E-state index in [9.17, 15) is 9.59 Å². The van der Waals surface area contributed by atoms with Gasteiger partial charge in [-0.2, -0.15) is 0 Å². The van der Waals surface area contributed by atoms with Crippen LogP contribution in [0, 0.1) is 0 Å². The molecular formula is C24H28N2O4. The van der Waals surface area contributed by atoms with E-state index in [-0.39, 0.29) is 23.9 Å². The molecule has 0 spiro atoms. The number of nitrogens with one attached hydrogen (secondary N) is 1. The smallest absolute Gasteiger partial charge is 0.253 e. The van der Waals surface area contributed by atoms with Gasteiger partial charge in [0.25, 0.3) is 5.91 Å². The van der Waals surface area contributed by atoms with E-state index in [1.807, 2.05) is 61.3 Å². The first kappa shape index (κ1) is 20.3. The Labute approximate surface area is 177 Å². The molecule has 0 saturated heterocycles. The summed E-state index contributed by atoms with van der Waals surface area (Å²) in [6, 6.07) is 13.9. The van der Waals surface area contributed by atoms with Crippen molar-refractivity contribution >= 4 is 11.8 Å². The third-order valence-corrected chi connectivity index (χ3v) is 5.97. The maximum atomic E-state index is 13.0. The Morgan fingerprint density at radius 2 is 1.70 bits per heavy atom. The van der Waals surface area contributed by atoms with E-state index in [1.165, 1.54) is 0 Å². The van der Waals surface area contributed by atoms with Crippen LogP contribution in [0.2, 0.25) is 0 Å². The second kappa shape index (κ2) is 8.78. The van der Waals surface area contributed by atoms with Crippen molar-refractivity contribution in [2.24, 2.45) is 0 Å². The van der Waals surface area contributed by atoms with Crippen molar-refractivity contribution in [2.75, 3.05) is 20.3 Å². The van der Waals surface area contributed by atoms with E-state index in [1.54, 1.807) is 0 Å². The molecule has 2 unspecified atom stereocenters. The highest BCUT2D eigenvalue weighted by molar-refractivity contribution is 5.94. The molecule has 1 aliphatic carbocycles. The van der Waals surface area contributed by atoms with Crippen LogP contribution in [0.5, 0.6) is 11.5 Å². The average Bonchev–Trinajstić information content (AvgIpc) is 3.26. The number of hydrogen-bond acceptors (Lipinski definition) is 4. The lowest BCUT2D eigenvalue weighted by atomic mass is 10.0. The summed E-state index contributed by atoms with van der Waals surface area (Å²) < 4.78 is 11.2. The van der Waals surface area contributed by atoms with Crippen LogP contribution in [0.4, 0.5) is 0 Å². The zero-order valence-electron chi connectivity index (χ0n) is 17.5. The number of fused-ring (bicyclic) bond motifs is 1. The van der Waals surface area contributed by atoms with Gasteiger partial charge in [0.05, 0.1) is 0 Å². The summed E-state index contributed by atoms with van der Waals surface area (Å²) >= 11 is 0. The van der Waals surface area contributed by atoms with Crippen LogP contribution >= 0.6 is 0 Å². The predicted octanol–water partition coefficient (Wildman–Crippen LogP) is 3.64. The summed E-state index contributed by atoms with van der Waals surface area (Å²) in [6.07, 6.45) is 3.12. The van der Waals surface area contributed by atoms with E-state index in [0.29, 0.717) is 25.2 Å². The molecule has 158 valence electrons. The molecule has 1 fully saturated rings. The first-order chi connectivity index (χ1) is 14.5. The summed E-state index contributed by atoms with van der Waals surface area (Å²) in [7, 11) is 1.85. The van der Waals surface area contributed by atoms with Gasteiger partial charge in [0.15, 0.2) is 11.5 Å². The normalized spacial score (nSPS) is 19.9. The first-order valence-electron chi connectivity index (χ1n) is 10.6. The van der Waals surface area contributed by atoms with Gasteiger partial charge in [0.2, 0.25) is 5.91 Å². The molecule has 2 aromatic carbocycles. The molecule has 0 bridgehead atoms. The molecule has 1 N–H and O–H groups in total. The Morgan fingerprint density at radius 3 is 2.43 bits per heavy atom. The van der Waals surface area contributed by atoms with Crippen LogP contribution < -0.4 is 14.8 Å². The molecule has 6 heteroatoms. The van der Waals surface area contributed by atoms with Gasteiger partial charge in [-0.05, 0) is 54.7 Å². The Hall–Kier alpha value is -3.02. The van der Waals surface area contributed by atoms with E-state index >= 15 is 0 Å². The fourth-order valence-electron chi connectivity index (χ4n) is 4.17. The van der Waals surface area contributed by atoms with E-state index in [0.717, 1.165) is 41.9 Å². The van der Waals surface area contributed by atoms with Gasteiger partial charge in [-0.15, -0.1) is 0 Å². The fourth-order valence-corrected chi connectivity index (χ4v) is 4.17. The Balaban J connectivity index is 1.41. The zero-order valence-corrected chi connectivity index (χ0v) is 17.5. The average molecular weight is 408 g/mol. The summed E-state index contributed by atoms with van der Waals surface area (Å²) in [5, 5.41) is 3.04. The van der Waals surface area contributed by atoms with Crippen molar-refractivity contribution in [3.63, 3.8) is 0 Å². The number of carbonyl (C=O) groups is 2. The lowest BCUT2D eigenvalue weighted by molar-refractivity contribution is -0.121. The molecule has 1 saturated carbocycles. The van der Waals surface area contributed by atoms with Crippen molar-refractivity contribution in [1.29, 1.82) is 0 Å². The van der Waals surface area contributed by atoms with Gasteiger partial charge in [-0.25, -0.2) is 0 Å². The van der Waals surface area contributed by atoms with Gasteiger partial charge in [0, 0.05) is 31.1 Å². The summed E-state index contributed by atoms with van der Waals surface area (Å²) in [4.78, 5) is 26.4. The second-order valence-electron chi connectivity index (χ2n) is 7.94. The lowest BCUT2D eigenvalue weighted by Gasteiger charge is -2.25. The molecule has 1 aliphatic heterocycles. The summed E-state index contributed by atoms with van der Waals surface area (Å²) in [5.41, 5.74) is 2.71. The van der Waals surface area contributed by atoms with E-state index < -0.39 is 0 Å². The monoisotopic (exact) mass is 408 g/mol. The number of hydrogen-bond donors (Lipinski definition) is 1. The predicted molar refractivity (Wildman–Crippen MR) is 115 cm³/mol. The number of carbonyl (C=O) groups excluding carboxylic acids is 2. The third kappa shape index (κ3) is 4.27. The van der Waals surface area contributed by atoms with Crippen LogP contribution in [-0.4, -0.2) is 49.1 Å². The van der Waals surface area contributed by atoms with Gasteiger partial charge in [-0.1, -0.05) is 25.1 Å². The zero-order chi connectivity index (χ0) is 21.1. The third-order valence-electron chi connectivity index (χ3n) is 5.97. The molecule has 30 heavy (non-hydrogen) atoms. The molecule has 2 amide bonds. The first-order valence-corrected chi connectivity index (χ1v) is 10.6. The van der Waals surface area contributed by atoms with Crippen LogP contribution in [-0.2, 0) is 4.79 Å². The van der Waals surface area contributed by atoms with E-state index in [4.69, 9.17) is 9.47 Å². The van der Waals surface area contributed by atoms with Crippen LogP contribution in [0.15, 0.2) is 42.5 Å². The maximum Gasteiger partial charge on any atom is 0.253 e. The highest BCUT2D eigenvalue weighted by Gasteiger charge is 2.30. The number of amides is 2. The van der Waals surface area contributed by atoms with Gasteiger partial charge in [0.1, 0.15) is 13.2 Å².